The monoisotopic (exact) mass is 144 g/mol. The predicted molar refractivity (Wildman–Crippen MR) is 37.2 cm³/mol. The molecule has 0 fully saturated rings. The fraction of sp³-hybridized carbons (Fsp3) is 0.333. The Hall–Kier alpha value is -0.700. The van der Waals surface area contributed by atoms with Crippen LogP contribution in [-0.2, 0) is 0 Å². The molecule has 0 aliphatic rings. The van der Waals surface area contributed by atoms with Crippen LogP contribution in [0.4, 0.5) is 0 Å². The molecule has 1 rings (SSSR count). The smallest absolute Gasteiger partial charge is 0.214 e. The molecule has 9 heavy (non-hydrogen) atoms. The zero-order chi connectivity index (χ0) is 6.69. The van der Waals surface area contributed by atoms with Crippen LogP contribution in [0.2, 0.25) is 0 Å². The first kappa shape index (κ1) is 6.42. The Bertz CT molecular complexity index is 183. The summed E-state index contributed by atoms with van der Waals surface area (Å²) >= 11 is 1.27. The van der Waals surface area contributed by atoms with Crippen LogP contribution in [0.15, 0.2) is 11.4 Å². The average Bonchev–Trinajstić information content (AvgIpc) is 2.18. The van der Waals surface area contributed by atoms with Crippen molar-refractivity contribution < 1.29 is 9.84 Å². The molecule has 2 nitrogen and oxygen atoms in total. The summed E-state index contributed by atoms with van der Waals surface area (Å²) in [6.07, 6.45) is 0. The van der Waals surface area contributed by atoms with Crippen LogP contribution in [0.25, 0.3) is 0 Å². The van der Waals surface area contributed by atoms with E-state index in [1.54, 1.807) is 11.4 Å². The van der Waals surface area contributed by atoms with Crippen molar-refractivity contribution >= 4 is 11.3 Å². The fourth-order valence-corrected chi connectivity index (χ4v) is 1.12. The number of aromatic hydroxyl groups is 1. The van der Waals surface area contributed by atoms with Crippen molar-refractivity contribution in [3.8, 4) is 10.8 Å². The summed E-state index contributed by atoms with van der Waals surface area (Å²) in [5, 5.41) is 11.0. The van der Waals surface area contributed by atoms with Crippen molar-refractivity contribution in [1.82, 2.24) is 0 Å². The number of rotatable bonds is 2. The lowest BCUT2D eigenvalue weighted by atomic mass is 10.6. The molecule has 0 aliphatic carbocycles. The molecule has 0 spiro atoms. The third-order valence-electron chi connectivity index (χ3n) is 0.910. The largest absolute Gasteiger partial charge is 0.497 e. The van der Waals surface area contributed by atoms with Crippen LogP contribution in [0.1, 0.15) is 6.92 Å². The Morgan fingerprint density at radius 1 is 1.78 bits per heavy atom. The second-order valence-corrected chi connectivity index (χ2v) is 2.42. The van der Waals surface area contributed by atoms with Crippen molar-refractivity contribution in [2.45, 2.75) is 6.92 Å². The van der Waals surface area contributed by atoms with Crippen molar-refractivity contribution in [1.29, 1.82) is 0 Å². The lowest BCUT2D eigenvalue weighted by Crippen LogP contribution is -1.88. The Labute approximate surface area is 57.7 Å². The van der Waals surface area contributed by atoms with Crippen molar-refractivity contribution in [2.75, 3.05) is 6.61 Å². The van der Waals surface area contributed by atoms with Gasteiger partial charge in [0, 0.05) is 0 Å². The maximum Gasteiger partial charge on any atom is 0.214 e. The molecule has 0 atom stereocenters. The number of ether oxygens (including phenoxy) is 1. The third kappa shape index (κ3) is 1.36. The maximum atomic E-state index is 8.98. The van der Waals surface area contributed by atoms with Crippen LogP contribution in [-0.4, -0.2) is 11.7 Å². The molecule has 1 N–H and O–H groups in total. The molecule has 1 heterocycles. The Morgan fingerprint density at radius 2 is 2.56 bits per heavy atom. The standard InChI is InChI=1S/C6H8O2S/c1-2-8-5-3-4-9-6(5)7/h3-4,7H,2H2,1H3. The molecule has 0 aliphatic heterocycles. The second kappa shape index (κ2) is 2.73. The molecule has 0 aromatic carbocycles. The van der Waals surface area contributed by atoms with Crippen LogP contribution in [0, 0.1) is 0 Å². The lowest BCUT2D eigenvalue weighted by Gasteiger charge is -1.97. The minimum atomic E-state index is 0.261. The quantitative estimate of drug-likeness (QED) is 0.686. The molecule has 1 aromatic rings. The normalized spacial score (nSPS) is 9.44. The highest BCUT2D eigenvalue weighted by Crippen LogP contribution is 2.31. The van der Waals surface area contributed by atoms with Crippen LogP contribution < -0.4 is 4.74 Å². The van der Waals surface area contributed by atoms with E-state index >= 15 is 0 Å². The van der Waals surface area contributed by atoms with Gasteiger partial charge in [-0.1, -0.05) is 0 Å². The molecular formula is C6H8O2S. The Balaban J connectivity index is 2.69. The van der Waals surface area contributed by atoms with E-state index in [0.717, 1.165) is 0 Å². The third-order valence-corrected chi connectivity index (χ3v) is 1.61. The highest BCUT2D eigenvalue weighted by atomic mass is 32.1. The first-order chi connectivity index (χ1) is 4.34. The molecule has 0 saturated carbocycles. The zero-order valence-electron chi connectivity index (χ0n) is 5.13. The maximum absolute atomic E-state index is 8.98. The molecule has 0 radical (unpaired) electrons. The van der Waals surface area contributed by atoms with E-state index in [0.29, 0.717) is 12.4 Å². The number of hydrogen-bond acceptors (Lipinski definition) is 3. The SMILES string of the molecule is CCOc1ccsc1O. The van der Waals surface area contributed by atoms with Gasteiger partial charge in [-0.2, -0.15) is 0 Å². The van der Waals surface area contributed by atoms with Gasteiger partial charge in [-0.05, 0) is 18.4 Å². The van der Waals surface area contributed by atoms with Gasteiger partial charge in [0.1, 0.15) is 0 Å². The fourth-order valence-electron chi connectivity index (χ4n) is 0.555. The van der Waals surface area contributed by atoms with Gasteiger partial charge in [0.05, 0.1) is 6.61 Å². The van der Waals surface area contributed by atoms with E-state index in [1.807, 2.05) is 6.92 Å². The predicted octanol–water partition coefficient (Wildman–Crippen LogP) is 1.85. The summed E-state index contributed by atoms with van der Waals surface area (Å²) in [5.74, 6) is 0.586. The minimum Gasteiger partial charge on any atom is -0.497 e. The topological polar surface area (TPSA) is 29.5 Å². The van der Waals surface area contributed by atoms with Gasteiger partial charge in [0.15, 0.2) is 5.75 Å². The van der Waals surface area contributed by atoms with E-state index in [9.17, 15) is 0 Å². The molecule has 50 valence electrons. The van der Waals surface area contributed by atoms with E-state index in [1.165, 1.54) is 11.3 Å². The van der Waals surface area contributed by atoms with E-state index < -0.39 is 0 Å². The Morgan fingerprint density at radius 3 is 3.00 bits per heavy atom. The summed E-state index contributed by atoms with van der Waals surface area (Å²) in [6.45, 7) is 2.49. The summed E-state index contributed by atoms with van der Waals surface area (Å²) in [5.41, 5.74) is 0. The summed E-state index contributed by atoms with van der Waals surface area (Å²) in [7, 11) is 0. The van der Waals surface area contributed by atoms with Crippen molar-refractivity contribution in [2.24, 2.45) is 0 Å². The molecule has 0 saturated heterocycles. The van der Waals surface area contributed by atoms with E-state index in [2.05, 4.69) is 0 Å². The van der Waals surface area contributed by atoms with Gasteiger partial charge >= 0.3 is 0 Å². The average molecular weight is 144 g/mol. The van der Waals surface area contributed by atoms with Gasteiger partial charge < -0.3 is 9.84 Å². The molecule has 0 amide bonds. The summed E-state index contributed by atoms with van der Waals surface area (Å²) in [6, 6.07) is 1.75. The van der Waals surface area contributed by atoms with Crippen LogP contribution >= 0.6 is 11.3 Å². The zero-order valence-corrected chi connectivity index (χ0v) is 5.94. The highest BCUT2D eigenvalue weighted by Gasteiger charge is 1.99. The van der Waals surface area contributed by atoms with Gasteiger partial charge in [-0.15, -0.1) is 11.3 Å². The number of hydrogen-bond donors (Lipinski definition) is 1. The first-order valence-corrected chi connectivity index (χ1v) is 3.62. The highest BCUT2D eigenvalue weighted by molar-refractivity contribution is 7.12. The van der Waals surface area contributed by atoms with E-state index in [-0.39, 0.29) is 5.06 Å². The van der Waals surface area contributed by atoms with Crippen LogP contribution in [0.3, 0.4) is 0 Å². The van der Waals surface area contributed by atoms with Crippen molar-refractivity contribution in [3.63, 3.8) is 0 Å². The lowest BCUT2D eigenvalue weighted by molar-refractivity contribution is 0.323. The number of thiophene rings is 1. The van der Waals surface area contributed by atoms with Gasteiger partial charge in [0.2, 0.25) is 5.06 Å². The van der Waals surface area contributed by atoms with Gasteiger partial charge in [-0.25, -0.2) is 0 Å². The Kier molecular flexibility index (Phi) is 1.95. The summed E-state index contributed by atoms with van der Waals surface area (Å²) in [4.78, 5) is 0. The van der Waals surface area contributed by atoms with E-state index in [4.69, 9.17) is 9.84 Å². The molecule has 0 unspecified atom stereocenters. The van der Waals surface area contributed by atoms with Crippen LogP contribution in [0.5, 0.6) is 10.8 Å². The minimum absolute atomic E-state index is 0.261. The van der Waals surface area contributed by atoms with Gasteiger partial charge in [-0.3, -0.25) is 0 Å². The second-order valence-electron chi connectivity index (χ2n) is 1.52. The molecule has 1 aromatic heterocycles. The summed E-state index contributed by atoms with van der Waals surface area (Å²) < 4.78 is 5.04. The molecular weight excluding hydrogens is 136 g/mol. The molecule has 0 bridgehead atoms. The first-order valence-electron chi connectivity index (χ1n) is 2.74. The molecule has 3 heteroatoms. The van der Waals surface area contributed by atoms with Gasteiger partial charge in [0.25, 0.3) is 0 Å². The van der Waals surface area contributed by atoms with Crippen molar-refractivity contribution in [3.05, 3.63) is 11.4 Å².